The molecule has 0 spiro atoms. The van der Waals surface area contributed by atoms with Crippen molar-refractivity contribution in [3.63, 3.8) is 0 Å². The van der Waals surface area contributed by atoms with Crippen molar-refractivity contribution in [1.82, 2.24) is 4.90 Å². The molecule has 1 aliphatic rings. The van der Waals surface area contributed by atoms with Gasteiger partial charge in [-0.3, -0.25) is 4.79 Å². The SMILES string of the molecule is CCCOCCCN1CC(S(=O)(=O)F)CC1=O. The Kier molecular flexibility index (Phi) is 5.32. The van der Waals surface area contributed by atoms with Crippen LogP contribution in [0.3, 0.4) is 0 Å². The van der Waals surface area contributed by atoms with E-state index in [1.165, 1.54) is 4.90 Å². The zero-order valence-corrected chi connectivity index (χ0v) is 10.7. The fourth-order valence-corrected chi connectivity index (χ4v) is 2.44. The van der Waals surface area contributed by atoms with Crippen LogP contribution in [0.25, 0.3) is 0 Å². The third-order valence-electron chi connectivity index (χ3n) is 2.64. The lowest BCUT2D eigenvalue weighted by Gasteiger charge is -2.15. The second-order valence-electron chi connectivity index (χ2n) is 4.11. The molecule has 1 fully saturated rings. The van der Waals surface area contributed by atoms with Crippen molar-refractivity contribution in [3.05, 3.63) is 0 Å². The molecule has 17 heavy (non-hydrogen) atoms. The molecule has 0 saturated carbocycles. The number of nitrogens with zero attached hydrogens (tertiary/aromatic N) is 1. The molecule has 1 aliphatic heterocycles. The van der Waals surface area contributed by atoms with Gasteiger partial charge in [-0.1, -0.05) is 6.92 Å². The van der Waals surface area contributed by atoms with Crippen LogP contribution in [0, 0.1) is 0 Å². The Hall–Kier alpha value is -0.690. The van der Waals surface area contributed by atoms with Gasteiger partial charge in [-0.2, -0.15) is 8.42 Å². The molecule has 0 aromatic rings. The molecule has 0 radical (unpaired) electrons. The maximum Gasteiger partial charge on any atom is 0.307 e. The second kappa shape index (κ2) is 6.30. The summed E-state index contributed by atoms with van der Waals surface area (Å²) >= 11 is 0. The van der Waals surface area contributed by atoms with E-state index in [1.54, 1.807) is 0 Å². The Morgan fingerprint density at radius 1 is 1.47 bits per heavy atom. The molecule has 1 amide bonds. The van der Waals surface area contributed by atoms with Gasteiger partial charge in [0.25, 0.3) is 0 Å². The van der Waals surface area contributed by atoms with E-state index in [1.807, 2.05) is 6.92 Å². The van der Waals surface area contributed by atoms with Gasteiger partial charge in [0.15, 0.2) is 0 Å². The normalized spacial score (nSPS) is 21.2. The van der Waals surface area contributed by atoms with E-state index in [4.69, 9.17) is 4.74 Å². The summed E-state index contributed by atoms with van der Waals surface area (Å²) in [7, 11) is -4.60. The van der Waals surface area contributed by atoms with Crippen LogP contribution in [0.5, 0.6) is 0 Å². The Bertz CT molecular complexity index is 357. The van der Waals surface area contributed by atoms with E-state index >= 15 is 0 Å². The molecule has 5 nitrogen and oxygen atoms in total. The molecular formula is C10H18FNO4S. The number of amides is 1. The molecule has 0 N–H and O–H groups in total. The molecule has 7 heteroatoms. The van der Waals surface area contributed by atoms with E-state index in [-0.39, 0.29) is 18.9 Å². The highest BCUT2D eigenvalue weighted by Gasteiger charge is 2.37. The van der Waals surface area contributed by atoms with Gasteiger partial charge in [0.05, 0.1) is 0 Å². The highest BCUT2D eigenvalue weighted by Crippen LogP contribution is 2.19. The molecule has 0 bridgehead atoms. The van der Waals surface area contributed by atoms with Crippen LogP contribution < -0.4 is 0 Å². The van der Waals surface area contributed by atoms with Crippen molar-refractivity contribution < 1.29 is 21.8 Å². The summed E-state index contributed by atoms with van der Waals surface area (Å²) in [5.74, 6) is -0.299. The first-order valence-corrected chi connectivity index (χ1v) is 7.18. The summed E-state index contributed by atoms with van der Waals surface area (Å²) in [4.78, 5) is 12.8. The summed E-state index contributed by atoms with van der Waals surface area (Å²) in [6, 6.07) is 0. The number of hydrogen-bond acceptors (Lipinski definition) is 4. The number of halogens is 1. The minimum absolute atomic E-state index is 0.0363. The van der Waals surface area contributed by atoms with Gasteiger partial charge in [0, 0.05) is 32.7 Å². The summed E-state index contributed by atoms with van der Waals surface area (Å²) < 4.78 is 39.3. The average Bonchev–Trinajstić information content (AvgIpc) is 2.60. The molecule has 1 rings (SSSR count). The van der Waals surface area contributed by atoms with Crippen LogP contribution in [0.1, 0.15) is 26.2 Å². The van der Waals surface area contributed by atoms with Gasteiger partial charge in [-0.05, 0) is 12.8 Å². The first kappa shape index (κ1) is 14.4. The van der Waals surface area contributed by atoms with Gasteiger partial charge in [0.2, 0.25) is 5.91 Å². The topological polar surface area (TPSA) is 63.7 Å². The second-order valence-corrected chi connectivity index (χ2v) is 5.73. The maximum absolute atomic E-state index is 12.7. The number of ether oxygens (including phenoxy) is 1. The molecule has 0 aromatic carbocycles. The Morgan fingerprint density at radius 2 is 2.18 bits per heavy atom. The van der Waals surface area contributed by atoms with Crippen LogP contribution in [0.15, 0.2) is 0 Å². The van der Waals surface area contributed by atoms with Crippen molar-refractivity contribution in [2.24, 2.45) is 0 Å². The first-order chi connectivity index (χ1) is 7.95. The molecule has 100 valence electrons. The molecule has 1 heterocycles. The van der Waals surface area contributed by atoms with Crippen molar-refractivity contribution in [2.45, 2.75) is 31.4 Å². The third-order valence-corrected chi connectivity index (χ3v) is 3.75. The van der Waals surface area contributed by atoms with Crippen LogP contribution in [-0.2, 0) is 19.8 Å². The van der Waals surface area contributed by atoms with E-state index in [0.29, 0.717) is 26.2 Å². The smallest absolute Gasteiger partial charge is 0.307 e. The van der Waals surface area contributed by atoms with Crippen molar-refractivity contribution >= 4 is 16.1 Å². The lowest BCUT2D eigenvalue weighted by molar-refractivity contribution is -0.127. The number of carbonyl (C=O) groups excluding carboxylic acids is 1. The number of likely N-dealkylation sites (tertiary alicyclic amines) is 1. The fraction of sp³-hybridized carbons (Fsp3) is 0.900. The zero-order valence-electron chi connectivity index (χ0n) is 9.89. The lowest BCUT2D eigenvalue weighted by Crippen LogP contribution is -2.29. The van der Waals surface area contributed by atoms with Gasteiger partial charge >= 0.3 is 10.2 Å². The van der Waals surface area contributed by atoms with Gasteiger partial charge in [-0.25, -0.2) is 0 Å². The van der Waals surface area contributed by atoms with E-state index in [0.717, 1.165) is 6.42 Å². The summed E-state index contributed by atoms with van der Waals surface area (Å²) in [6.45, 7) is 3.60. The Morgan fingerprint density at radius 3 is 2.71 bits per heavy atom. The molecule has 1 saturated heterocycles. The maximum atomic E-state index is 12.7. The predicted octanol–water partition coefficient (Wildman–Crippen LogP) is 0.703. The highest BCUT2D eigenvalue weighted by atomic mass is 32.3. The standard InChI is InChI=1S/C10H18FNO4S/c1-2-5-16-6-3-4-12-8-9(7-10(12)13)17(11,14)15/h9H,2-8H2,1H3. The lowest BCUT2D eigenvalue weighted by atomic mass is 10.4. The van der Waals surface area contributed by atoms with Crippen LogP contribution in [0.4, 0.5) is 3.89 Å². The Balaban J connectivity index is 2.29. The minimum Gasteiger partial charge on any atom is -0.381 e. The summed E-state index contributed by atoms with van der Waals surface area (Å²) in [5.41, 5.74) is 0. The van der Waals surface area contributed by atoms with Crippen LogP contribution >= 0.6 is 0 Å². The van der Waals surface area contributed by atoms with E-state index in [9.17, 15) is 17.1 Å². The average molecular weight is 267 g/mol. The number of carbonyl (C=O) groups is 1. The first-order valence-electron chi connectivity index (χ1n) is 5.74. The van der Waals surface area contributed by atoms with E-state index in [2.05, 4.69) is 0 Å². The van der Waals surface area contributed by atoms with Crippen LogP contribution in [0.2, 0.25) is 0 Å². The van der Waals surface area contributed by atoms with Gasteiger partial charge in [-0.15, -0.1) is 3.89 Å². The van der Waals surface area contributed by atoms with Gasteiger partial charge in [0.1, 0.15) is 5.25 Å². The summed E-state index contributed by atoms with van der Waals surface area (Å²) in [6.07, 6.45) is 1.34. The summed E-state index contributed by atoms with van der Waals surface area (Å²) in [5, 5.41) is -1.19. The number of rotatable bonds is 7. The monoisotopic (exact) mass is 267 g/mol. The third kappa shape index (κ3) is 4.59. The minimum atomic E-state index is -4.60. The van der Waals surface area contributed by atoms with Crippen molar-refractivity contribution in [3.8, 4) is 0 Å². The zero-order chi connectivity index (χ0) is 12.9. The Labute approximate surface area is 101 Å². The predicted molar refractivity (Wildman–Crippen MR) is 60.7 cm³/mol. The highest BCUT2D eigenvalue weighted by molar-refractivity contribution is 7.87. The van der Waals surface area contributed by atoms with Crippen molar-refractivity contribution in [1.29, 1.82) is 0 Å². The molecule has 0 aliphatic carbocycles. The number of hydrogen-bond donors (Lipinski definition) is 0. The van der Waals surface area contributed by atoms with Gasteiger partial charge < -0.3 is 9.64 Å². The molecule has 0 aromatic heterocycles. The van der Waals surface area contributed by atoms with Crippen molar-refractivity contribution in [2.75, 3.05) is 26.3 Å². The fourth-order valence-electron chi connectivity index (χ4n) is 1.74. The molecule has 1 unspecified atom stereocenters. The van der Waals surface area contributed by atoms with E-state index < -0.39 is 15.5 Å². The quantitative estimate of drug-likeness (QED) is 0.503. The molecule has 1 atom stereocenters. The largest absolute Gasteiger partial charge is 0.381 e. The van der Waals surface area contributed by atoms with Crippen LogP contribution in [-0.4, -0.2) is 50.8 Å². The molecular weight excluding hydrogens is 249 g/mol.